The highest BCUT2D eigenvalue weighted by atomic mass is 17.2. The van der Waals surface area contributed by atoms with Crippen molar-refractivity contribution in [2.45, 2.75) is 39.5 Å². The fourth-order valence-corrected chi connectivity index (χ4v) is 1.96. The summed E-state index contributed by atoms with van der Waals surface area (Å²) in [5.74, 6) is 0.737. The van der Waals surface area contributed by atoms with Crippen LogP contribution in [0.3, 0.4) is 0 Å². The number of unbranched alkanes of at least 4 members (excludes halogenated alkanes) is 1. The van der Waals surface area contributed by atoms with Crippen LogP contribution in [-0.4, -0.2) is 20.2 Å². The predicted molar refractivity (Wildman–Crippen MR) is 83.7 cm³/mol. The van der Waals surface area contributed by atoms with E-state index in [9.17, 15) is 4.79 Å². The quantitative estimate of drug-likeness (QED) is 0.479. The molecule has 0 aliphatic heterocycles. The van der Waals surface area contributed by atoms with Crippen molar-refractivity contribution < 1.29 is 24.0 Å². The summed E-state index contributed by atoms with van der Waals surface area (Å²) in [6.07, 6.45) is 4.23. The first-order valence-corrected chi connectivity index (χ1v) is 7.58. The lowest BCUT2D eigenvalue weighted by atomic mass is 10.0. The van der Waals surface area contributed by atoms with Crippen molar-refractivity contribution in [3.8, 4) is 11.5 Å². The molecule has 22 heavy (non-hydrogen) atoms. The molecule has 0 aliphatic rings. The Morgan fingerprint density at radius 2 is 1.77 bits per heavy atom. The van der Waals surface area contributed by atoms with Gasteiger partial charge in [0.15, 0.2) is 0 Å². The maximum atomic E-state index is 12.0. The smallest absolute Gasteiger partial charge is 0.373 e. The monoisotopic (exact) mass is 309 g/mol. The van der Waals surface area contributed by atoms with E-state index in [0.717, 1.165) is 25.7 Å². The Hall–Kier alpha value is -1.75. The standard InChI is InChI=1S/C17H25O5/c1-5-7-8-13(6-2)12-21-22-17(18)14-9-15(19-3)11-16(10-14)20-4/h9-13H,5-8H2,1-4H3. The minimum absolute atomic E-state index is 0.285. The summed E-state index contributed by atoms with van der Waals surface area (Å²) in [7, 11) is 3.04. The molecule has 0 aliphatic carbocycles. The van der Waals surface area contributed by atoms with E-state index in [1.54, 1.807) is 24.8 Å². The Morgan fingerprint density at radius 3 is 2.27 bits per heavy atom. The molecule has 5 heteroatoms. The molecule has 0 spiro atoms. The van der Waals surface area contributed by atoms with Crippen molar-refractivity contribution >= 4 is 5.97 Å². The van der Waals surface area contributed by atoms with Gasteiger partial charge in [-0.2, -0.15) is 4.89 Å². The summed E-state index contributed by atoms with van der Waals surface area (Å²) in [6, 6.07) is 4.83. The highest BCUT2D eigenvalue weighted by molar-refractivity contribution is 5.90. The van der Waals surface area contributed by atoms with Crippen molar-refractivity contribution in [1.82, 2.24) is 0 Å². The van der Waals surface area contributed by atoms with Crippen LogP contribution < -0.4 is 9.47 Å². The van der Waals surface area contributed by atoms with Crippen molar-refractivity contribution in [1.29, 1.82) is 0 Å². The van der Waals surface area contributed by atoms with Crippen molar-refractivity contribution in [3.05, 3.63) is 30.4 Å². The summed E-state index contributed by atoms with van der Waals surface area (Å²) < 4.78 is 10.2. The van der Waals surface area contributed by atoms with Gasteiger partial charge in [0.05, 0.1) is 19.8 Å². The molecule has 1 atom stereocenters. The summed E-state index contributed by atoms with van der Waals surface area (Å²) in [5.41, 5.74) is 0.311. The zero-order valence-electron chi connectivity index (χ0n) is 13.8. The van der Waals surface area contributed by atoms with Crippen LogP contribution in [0.15, 0.2) is 18.2 Å². The Labute approximate surface area is 132 Å². The van der Waals surface area contributed by atoms with E-state index in [1.807, 2.05) is 0 Å². The minimum atomic E-state index is -0.584. The molecular formula is C17H25O5. The largest absolute Gasteiger partial charge is 0.497 e. The van der Waals surface area contributed by atoms with Crippen LogP contribution >= 0.6 is 0 Å². The number of ether oxygens (including phenoxy) is 2. The van der Waals surface area contributed by atoms with Crippen LogP contribution in [0.5, 0.6) is 11.5 Å². The summed E-state index contributed by atoms with van der Waals surface area (Å²) >= 11 is 0. The van der Waals surface area contributed by atoms with Crippen LogP contribution in [0, 0.1) is 12.5 Å². The Balaban J connectivity index is 2.54. The molecule has 0 amide bonds. The fraction of sp³-hybridized carbons (Fsp3) is 0.529. The molecule has 0 fully saturated rings. The van der Waals surface area contributed by atoms with E-state index in [-0.39, 0.29) is 5.92 Å². The Kier molecular flexibility index (Phi) is 8.36. The van der Waals surface area contributed by atoms with E-state index in [1.165, 1.54) is 14.2 Å². The SMILES string of the molecule is CCCCC([CH]OOC(=O)c1cc(OC)cc(OC)c1)CC. The van der Waals surface area contributed by atoms with E-state index in [2.05, 4.69) is 13.8 Å². The van der Waals surface area contributed by atoms with Gasteiger partial charge in [-0.05, 0) is 24.5 Å². The number of hydrogen-bond donors (Lipinski definition) is 0. The van der Waals surface area contributed by atoms with Crippen LogP contribution in [0.2, 0.25) is 0 Å². The first kappa shape index (κ1) is 18.3. The first-order chi connectivity index (χ1) is 10.6. The topological polar surface area (TPSA) is 54.0 Å². The second-order valence-electron chi connectivity index (χ2n) is 5.01. The summed E-state index contributed by atoms with van der Waals surface area (Å²) in [5, 5.41) is 0. The van der Waals surface area contributed by atoms with E-state index >= 15 is 0 Å². The van der Waals surface area contributed by atoms with Crippen molar-refractivity contribution in [2.75, 3.05) is 14.2 Å². The fourth-order valence-electron chi connectivity index (χ4n) is 1.96. The normalized spacial score (nSPS) is 11.8. The Morgan fingerprint density at radius 1 is 1.14 bits per heavy atom. The lowest BCUT2D eigenvalue weighted by Crippen LogP contribution is -2.09. The van der Waals surface area contributed by atoms with Crippen LogP contribution in [-0.2, 0) is 9.78 Å². The van der Waals surface area contributed by atoms with Crippen molar-refractivity contribution in [3.63, 3.8) is 0 Å². The van der Waals surface area contributed by atoms with Gasteiger partial charge < -0.3 is 9.47 Å². The van der Waals surface area contributed by atoms with E-state index in [0.29, 0.717) is 17.1 Å². The number of rotatable bonds is 10. The molecule has 1 rings (SSSR count). The summed E-state index contributed by atoms with van der Waals surface area (Å²) in [4.78, 5) is 21.8. The van der Waals surface area contributed by atoms with Crippen LogP contribution in [0.4, 0.5) is 0 Å². The van der Waals surface area contributed by atoms with Crippen LogP contribution in [0.25, 0.3) is 0 Å². The lowest BCUT2D eigenvalue weighted by Gasteiger charge is -2.13. The number of carbonyl (C=O) groups excluding carboxylic acids is 1. The van der Waals surface area contributed by atoms with Gasteiger partial charge in [0.2, 0.25) is 0 Å². The third-order valence-corrected chi connectivity index (χ3v) is 3.41. The lowest BCUT2D eigenvalue weighted by molar-refractivity contribution is -0.219. The third kappa shape index (κ3) is 5.93. The van der Waals surface area contributed by atoms with Gasteiger partial charge >= 0.3 is 5.97 Å². The molecule has 1 unspecified atom stereocenters. The molecule has 1 aromatic carbocycles. The first-order valence-electron chi connectivity index (χ1n) is 7.58. The van der Waals surface area contributed by atoms with Gasteiger partial charge in [-0.3, -0.25) is 4.89 Å². The maximum absolute atomic E-state index is 12.0. The highest BCUT2D eigenvalue weighted by Crippen LogP contribution is 2.23. The predicted octanol–water partition coefficient (Wildman–Crippen LogP) is 4.17. The number of methoxy groups -OCH3 is 2. The molecule has 1 aromatic rings. The summed E-state index contributed by atoms with van der Waals surface area (Å²) in [6.45, 7) is 5.81. The molecule has 0 saturated carbocycles. The average Bonchev–Trinajstić information content (AvgIpc) is 2.57. The van der Waals surface area contributed by atoms with Gasteiger partial charge in [0, 0.05) is 6.07 Å². The van der Waals surface area contributed by atoms with Gasteiger partial charge in [0.25, 0.3) is 0 Å². The number of carbonyl (C=O) groups is 1. The zero-order valence-corrected chi connectivity index (χ0v) is 13.8. The van der Waals surface area contributed by atoms with Crippen LogP contribution in [0.1, 0.15) is 49.9 Å². The van der Waals surface area contributed by atoms with E-state index in [4.69, 9.17) is 19.2 Å². The molecule has 0 N–H and O–H groups in total. The highest BCUT2D eigenvalue weighted by Gasteiger charge is 2.14. The second-order valence-corrected chi connectivity index (χ2v) is 5.01. The molecule has 0 bridgehead atoms. The third-order valence-electron chi connectivity index (χ3n) is 3.41. The molecule has 0 heterocycles. The van der Waals surface area contributed by atoms with Gasteiger partial charge in [0.1, 0.15) is 18.1 Å². The number of benzene rings is 1. The van der Waals surface area contributed by atoms with Gasteiger partial charge in [-0.25, -0.2) is 4.79 Å². The molecular weight excluding hydrogens is 284 g/mol. The second kappa shape index (κ2) is 10.1. The molecule has 0 aromatic heterocycles. The molecule has 5 nitrogen and oxygen atoms in total. The average molecular weight is 309 g/mol. The maximum Gasteiger partial charge on any atom is 0.373 e. The molecule has 1 radical (unpaired) electrons. The van der Waals surface area contributed by atoms with Gasteiger partial charge in [-0.15, -0.1) is 0 Å². The van der Waals surface area contributed by atoms with E-state index < -0.39 is 5.97 Å². The number of hydrogen-bond acceptors (Lipinski definition) is 5. The minimum Gasteiger partial charge on any atom is -0.497 e. The Bertz CT molecular complexity index is 436. The zero-order chi connectivity index (χ0) is 16.4. The van der Waals surface area contributed by atoms with Gasteiger partial charge in [-0.1, -0.05) is 33.1 Å². The molecule has 123 valence electrons. The molecule has 0 saturated heterocycles. The van der Waals surface area contributed by atoms with Crippen molar-refractivity contribution in [2.24, 2.45) is 5.92 Å².